The van der Waals surface area contributed by atoms with Gasteiger partial charge in [-0.05, 0) is 62.7 Å². The number of hydrogen-bond donors (Lipinski definition) is 1. The molecule has 0 fully saturated rings. The second kappa shape index (κ2) is 9.58. The largest absolute Gasteiger partial charge is 0.342 e. The number of aromatic nitrogens is 1. The highest BCUT2D eigenvalue weighted by molar-refractivity contribution is 14.1. The first-order valence-electron chi connectivity index (χ1n) is 10.8. The zero-order valence-electron chi connectivity index (χ0n) is 17.9. The predicted octanol–water partition coefficient (Wildman–Crippen LogP) is 6.14. The molecule has 0 saturated heterocycles. The van der Waals surface area contributed by atoms with Gasteiger partial charge in [-0.15, -0.1) is 0 Å². The Bertz CT molecular complexity index is 1460. The molecule has 5 rings (SSSR count). The molecule has 1 amide bonds. The molecule has 33 heavy (non-hydrogen) atoms. The summed E-state index contributed by atoms with van der Waals surface area (Å²) in [5.74, 6) is -0.134. The Morgan fingerprint density at radius 1 is 0.879 bits per heavy atom. The SMILES string of the molecule is O=C(Cc1cccc2ccccc12)NN=Cc1cn(Cc2ccc(I)cc2)c2ccccc12. The number of amides is 1. The van der Waals surface area contributed by atoms with Crippen molar-refractivity contribution >= 4 is 56.4 Å². The normalized spacial score (nSPS) is 11.4. The molecular formula is C28H22IN3O. The van der Waals surface area contributed by atoms with E-state index in [0.717, 1.165) is 39.3 Å². The fraction of sp³-hybridized carbons (Fsp3) is 0.0714. The van der Waals surface area contributed by atoms with Gasteiger partial charge >= 0.3 is 0 Å². The second-order valence-corrected chi connectivity index (χ2v) is 9.21. The summed E-state index contributed by atoms with van der Waals surface area (Å²) in [7, 11) is 0. The van der Waals surface area contributed by atoms with Crippen LogP contribution in [0.1, 0.15) is 16.7 Å². The van der Waals surface area contributed by atoms with Crippen LogP contribution in [0.2, 0.25) is 0 Å². The Balaban J connectivity index is 1.33. The summed E-state index contributed by atoms with van der Waals surface area (Å²) in [6.45, 7) is 0.777. The zero-order valence-corrected chi connectivity index (χ0v) is 20.1. The van der Waals surface area contributed by atoms with Crippen molar-refractivity contribution in [1.29, 1.82) is 0 Å². The lowest BCUT2D eigenvalue weighted by atomic mass is 10.0. The number of nitrogens with one attached hydrogen (secondary N) is 1. The number of para-hydroxylation sites is 1. The molecule has 5 heteroatoms. The van der Waals surface area contributed by atoms with Crippen LogP contribution in [0.15, 0.2) is 102 Å². The van der Waals surface area contributed by atoms with Crippen molar-refractivity contribution in [1.82, 2.24) is 9.99 Å². The van der Waals surface area contributed by atoms with Gasteiger partial charge in [0, 0.05) is 32.8 Å². The van der Waals surface area contributed by atoms with E-state index in [9.17, 15) is 4.79 Å². The topological polar surface area (TPSA) is 46.4 Å². The summed E-state index contributed by atoms with van der Waals surface area (Å²) >= 11 is 2.32. The molecule has 0 radical (unpaired) electrons. The lowest BCUT2D eigenvalue weighted by Crippen LogP contribution is -2.19. The molecule has 162 valence electrons. The standard InChI is InChI=1S/C28H22IN3O/c29-24-14-12-20(13-15-24)18-32-19-23(26-10-3-4-11-27(26)32)17-30-31-28(33)16-22-8-5-7-21-6-1-2-9-25(21)22/h1-15,17,19H,16,18H2,(H,31,33). The van der Waals surface area contributed by atoms with Crippen LogP contribution in [0.4, 0.5) is 0 Å². The van der Waals surface area contributed by atoms with Crippen LogP contribution in [0.25, 0.3) is 21.7 Å². The first-order valence-corrected chi connectivity index (χ1v) is 11.9. The van der Waals surface area contributed by atoms with E-state index in [1.807, 2.05) is 42.5 Å². The number of benzene rings is 4. The van der Waals surface area contributed by atoms with Gasteiger partial charge < -0.3 is 4.57 Å². The number of rotatable bonds is 6. The van der Waals surface area contributed by atoms with E-state index in [4.69, 9.17) is 0 Å². The summed E-state index contributed by atoms with van der Waals surface area (Å²) in [6.07, 6.45) is 4.10. The van der Waals surface area contributed by atoms with Crippen molar-refractivity contribution in [3.8, 4) is 0 Å². The molecule has 0 aliphatic rings. The first-order chi connectivity index (χ1) is 16.2. The molecule has 1 heterocycles. The number of nitrogens with zero attached hydrogens (tertiary/aromatic N) is 2. The monoisotopic (exact) mass is 543 g/mol. The lowest BCUT2D eigenvalue weighted by Gasteiger charge is -2.05. The van der Waals surface area contributed by atoms with E-state index < -0.39 is 0 Å². The molecule has 0 aliphatic carbocycles. The van der Waals surface area contributed by atoms with E-state index in [2.05, 4.69) is 92.4 Å². The molecule has 0 spiro atoms. The molecule has 0 bridgehead atoms. The van der Waals surface area contributed by atoms with Crippen LogP contribution in [0.3, 0.4) is 0 Å². The van der Waals surface area contributed by atoms with Crippen molar-refractivity contribution in [2.75, 3.05) is 0 Å². The van der Waals surface area contributed by atoms with Crippen LogP contribution in [-0.2, 0) is 17.8 Å². The van der Waals surface area contributed by atoms with E-state index in [0.29, 0.717) is 0 Å². The minimum Gasteiger partial charge on any atom is -0.342 e. The molecule has 0 aliphatic heterocycles. The highest BCUT2D eigenvalue weighted by Crippen LogP contribution is 2.22. The fourth-order valence-electron chi connectivity index (χ4n) is 4.13. The third-order valence-corrected chi connectivity index (χ3v) is 6.43. The minimum atomic E-state index is -0.134. The number of fused-ring (bicyclic) bond motifs is 2. The first kappa shape index (κ1) is 21.4. The highest BCUT2D eigenvalue weighted by atomic mass is 127. The molecule has 1 N–H and O–H groups in total. The second-order valence-electron chi connectivity index (χ2n) is 7.96. The summed E-state index contributed by atoms with van der Waals surface area (Å²) in [4.78, 5) is 12.6. The van der Waals surface area contributed by atoms with Crippen LogP contribution in [-0.4, -0.2) is 16.7 Å². The number of hydrogen-bond acceptors (Lipinski definition) is 2. The molecule has 0 unspecified atom stereocenters. The summed E-state index contributed by atoms with van der Waals surface area (Å²) < 4.78 is 3.44. The Kier molecular flexibility index (Phi) is 6.21. The summed E-state index contributed by atoms with van der Waals surface area (Å²) in [5.41, 5.74) is 7.04. The predicted molar refractivity (Wildman–Crippen MR) is 144 cm³/mol. The molecule has 5 aromatic rings. The van der Waals surface area contributed by atoms with Gasteiger partial charge in [-0.3, -0.25) is 4.79 Å². The molecule has 4 nitrogen and oxygen atoms in total. The van der Waals surface area contributed by atoms with E-state index in [1.165, 1.54) is 9.13 Å². The smallest absolute Gasteiger partial charge is 0.244 e. The van der Waals surface area contributed by atoms with Gasteiger partial charge in [-0.2, -0.15) is 5.10 Å². The Morgan fingerprint density at radius 2 is 1.61 bits per heavy atom. The minimum absolute atomic E-state index is 0.134. The molecule has 4 aromatic carbocycles. The van der Waals surface area contributed by atoms with Crippen LogP contribution in [0.5, 0.6) is 0 Å². The molecule has 0 atom stereocenters. The third-order valence-electron chi connectivity index (χ3n) is 5.71. The van der Waals surface area contributed by atoms with Gasteiger partial charge in [0.25, 0.3) is 0 Å². The highest BCUT2D eigenvalue weighted by Gasteiger charge is 2.09. The van der Waals surface area contributed by atoms with Crippen LogP contribution < -0.4 is 5.43 Å². The average molecular weight is 543 g/mol. The maximum atomic E-state index is 12.6. The van der Waals surface area contributed by atoms with Gasteiger partial charge in [-0.25, -0.2) is 5.43 Å². The molecule has 1 aromatic heterocycles. The van der Waals surface area contributed by atoms with Crippen molar-refractivity contribution < 1.29 is 4.79 Å². The van der Waals surface area contributed by atoms with E-state index in [1.54, 1.807) is 6.21 Å². The van der Waals surface area contributed by atoms with Crippen molar-refractivity contribution in [2.24, 2.45) is 5.10 Å². The van der Waals surface area contributed by atoms with Gasteiger partial charge in [0.1, 0.15) is 0 Å². The Morgan fingerprint density at radius 3 is 2.45 bits per heavy atom. The number of halogens is 1. The van der Waals surface area contributed by atoms with Gasteiger partial charge in [0.05, 0.1) is 12.6 Å². The Labute approximate surface area is 206 Å². The van der Waals surface area contributed by atoms with Crippen LogP contribution >= 0.6 is 22.6 Å². The fourth-order valence-corrected chi connectivity index (χ4v) is 4.49. The van der Waals surface area contributed by atoms with Crippen molar-refractivity contribution in [3.05, 3.63) is 117 Å². The van der Waals surface area contributed by atoms with Gasteiger partial charge in [-0.1, -0.05) is 72.8 Å². The maximum absolute atomic E-state index is 12.6. The van der Waals surface area contributed by atoms with E-state index in [-0.39, 0.29) is 12.3 Å². The number of hydrazone groups is 1. The lowest BCUT2D eigenvalue weighted by molar-refractivity contribution is -0.120. The van der Waals surface area contributed by atoms with Gasteiger partial charge in [0.15, 0.2) is 0 Å². The van der Waals surface area contributed by atoms with Crippen molar-refractivity contribution in [3.63, 3.8) is 0 Å². The number of carbonyl (C=O) groups is 1. The molecular weight excluding hydrogens is 521 g/mol. The van der Waals surface area contributed by atoms with Gasteiger partial charge in [0.2, 0.25) is 5.91 Å². The number of carbonyl (C=O) groups excluding carboxylic acids is 1. The molecule has 0 saturated carbocycles. The summed E-state index contributed by atoms with van der Waals surface area (Å²) in [6, 6.07) is 30.9. The average Bonchev–Trinajstić information content (AvgIpc) is 3.18. The van der Waals surface area contributed by atoms with Crippen LogP contribution in [0, 0.1) is 3.57 Å². The maximum Gasteiger partial charge on any atom is 0.244 e. The third kappa shape index (κ3) is 4.83. The zero-order chi connectivity index (χ0) is 22.6. The quantitative estimate of drug-likeness (QED) is 0.156. The Hall–Kier alpha value is -3.45. The summed E-state index contributed by atoms with van der Waals surface area (Å²) in [5, 5.41) is 7.59. The van der Waals surface area contributed by atoms with E-state index >= 15 is 0 Å². The van der Waals surface area contributed by atoms with Crippen molar-refractivity contribution in [2.45, 2.75) is 13.0 Å².